The average Bonchev–Trinajstić information content (AvgIpc) is 2.80. The van der Waals surface area contributed by atoms with Gasteiger partial charge in [-0.05, 0) is 36.4 Å². The first-order chi connectivity index (χ1) is 15.8. The predicted octanol–water partition coefficient (Wildman–Crippen LogP) is 4.39. The number of nitrogens with zero attached hydrogens (tertiary/aromatic N) is 3. The summed E-state index contributed by atoms with van der Waals surface area (Å²) in [4.78, 5) is 10.8. The van der Waals surface area contributed by atoms with Crippen molar-refractivity contribution in [3.63, 3.8) is 0 Å². The Morgan fingerprint density at radius 3 is 2.21 bits per heavy atom. The molecule has 0 unspecified atom stereocenters. The van der Waals surface area contributed by atoms with Crippen LogP contribution in [0.15, 0.2) is 71.6 Å². The zero-order valence-corrected chi connectivity index (χ0v) is 19.0. The number of hydrogen-bond acceptors (Lipinski definition) is 7. The summed E-state index contributed by atoms with van der Waals surface area (Å²) in [5, 5.41) is 3.02. The molecule has 1 aromatic heterocycles. The number of fused-ring (bicyclic) bond motifs is 1. The predicted molar refractivity (Wildman–Crippen MR) is 127 cm³/mol. The van der Waals surface area contributed by atoms with E-state index in [0.717, 1.165) is 0 Å². The molecule has 10 heteroatoms. The Labute approximate surface area is 191 Å². The first-order valence-corrected chi connectivity index (χ1v) is 11.4. The summed E-state index contributed by atoms with van der Waals surface area (Å²) < 4.78 is 48.0. The molecule has 8 nitrogen and oxygen atoms in total. The van der Waals surface area contributed by atoms with Gasteiger partial charge in [0.25, 0.3) is 10.0 Å². The van der Waals surface area contributed by atoms with Crippen molar-refractivity contribution < 1.29 is 17.5 Å². The number of ether oxygens (including phenoxy) is 1. The third-order valence-electron chi connectivity index (χ3n) is 4.85. The van der Waals surface area contributed by atoms with Gasteiger partial charge in [-0.3, -0.25) is 4.72 Å². The molecule has 0 saturated heterocycles. The van der Waals surface area contributed by atoms with E-state index in [9.17, 15) is 12.8 Å². The summed E-state index contributed by atoms with van der Waals surface area (Å²) in [6, 6.07) is 17.9. The SMILES string of the molecule is COc1cc(Nc2nc3ccccc3nc2NS(=O)(=O)c2ccccc2N(C)C)ccc1F. The Morgan fingerprint density at radius 1 is 0.909 bits per heavy atom. The number of halogens is 1. The van der Waals surface area contributed by atoms with Gasteiger partial charge >= 0.3 is 0 Å². The van der Waals surface area contributed by atoms with Gasteiger partial charge in [0.1, 0.15) is 4.90 Å². The summed E-state index contributed by atoms with van der Waals surface area (Å²) >= 11 is 0. The molecule has 0 radical (unpaired) electrons. The van der Waals surface area contributed by atoms with Crippen LogP contribution in [0.5, 0.6) is 5.75 Å². The summed E-state index contributed by atoms with van der Waals surface area (Å²) in [6.45, 7) is 0. The van der Waals surface area contributed by atoms with Gasteiger partial charge in [-0.1, -0.05) is 24.3 Å². The summed E-state index contributed by atoms with van der Waals surface area (Å²) in [6.07, 6.45) is 0. The van der Waals surface area contributed by atoms with Crippen LogP contribution in [0.25, 0.3) is 11.0 Å². The molecule has 2 N–H and O–H groups in total. The Balaban J connectivity index is 1.80. The van der Waals surface area contributed by atoms with Gasteiger partial charge in [0.05, 0.1) is 23.8 Å². The van der Waals surface area contributed by atoms with Crippen LogP contribution in [0.4, 0.5) is 27.4 Å². The maximum Gasteiger partial charge on any atom is 0.265 e. The minimum atomic E-state index is -4.01. The molecule has 4 rings (SSSR count). The zero-order chi connectivity index (χ0) is 23.6. The second-order valence-corrected chi connectivity index (χ2v) is 9.00. The van der Waals surface area contributed by atoms with Crippen LogP contribution in [0.2, 0.25) is 0 Å². The standard InChI is InChI=1S/C23H22FN5O3S/c1-29(2)19-10-6-7-11-21(19)33(30,31)28-23-22(26-17-8-4-5-9-18(17)27-23)25-15-12-13-16(24)20(14-15)32-3/h4-14H,1-3H3,(H,25,26)(H,27,28). The number of hydrogen-bond donors (Lipinski definition) is 2. The molecule has 0 spiro atoms. The minimum Gasteiger partial charge on any atom is -0.494 e. The number of methoxy groups -OCH3 is 1. The second kappa shape index (κ2) is 8.91. The number of benzene rings is 3. The molecule has 33 heavy (non-hydrogen) atoms. The fraction of sp³-hybridized carbons (Fsp3) is 0.130. The van der Waals surface area contributed by atoms with Crippen LogP contribution in [-0.2, 0) is 10.0 Å². The molecule has 0 amide bonds. The van der Waals surface area contributed by atoms with Crippen molar-refractivity contribution in [1.82, 2.24) is 9.97 Å². The Bertz CT molecular complexity index is 1430. The highest BCUT2D eigenvalue weighted by atomic mass is 32.2. The topological polar surface area (TPSA) is 96.5 Å². The number of nitrogens with one attached hydrogen (secondary N) is 2. The molecule has 3 aromatic carbocycles. The highest BCUT2D eigenvalue weighted by Crippen LogP contribution is 2.31. The lowest BCUT2D eigenvalue weighted by Crippen LogP contribution is -2.20. The van der Waals surface area contributed by atoms with E-state index in [2.05, 4.69) is 20.0 Å². The molecular formula is C23H22FN5O3S. The van der Waals surface area contributed by atoms with Gasteiger partial charge < -0.3 is 15.0 Å². The molecule has 0 fully saturated rings. The fourth-order valence-electron chi connectivity index (χ4n) is 3.27. The van der Waals surface area contributed by atoms with Gasteiger partial charge in [-0.25, -0.2) is 22.8 Å². The minimum absolute atomic E-state index is 0.00514. The number of anilines is 4. The molecule has 0 bridgehead atoms. The van der Waals surface area contributed by atoms with E-state index in [-0.39, 0.29) is 22.3 Å². The summed E-state index contributed by atoms with van der Waals surface area (Å²) in [7, 11) is 0.876. The second-order valence-electron chi connectivity index (χ2n) is 7.35. The Hall–Kier alpha value is -3.92. The van der Waals surface area contributed by atoms with Gasteiger partial charge in [-0.2, -0.15) is 0 Å². The van der Waals surface area contributed by atoms with Crippen molar-refractivity contribution in [3.8, 4) is 5.75 Å². The molecule has 4 aromatic rings. The van der Waals surface area contributed by atoms with Crippen LogP contribution in [-0.4, -0.2) is 39.6 Å². The lowest BCUT2D eigenvalue weighted by atomic mass is 10.2. The molecule has 0 aliphatic rings. The molecular weight excluding hydrogens is 445 g/mol. The largest absolute Gasteiger partial charge is 0.494 e. The van der Waals surface area contributed by atoms with Crippen molar-refractivity contribution in [3.05, 3.63) is 72.5 Å². The molecule has 0 saturated carbocycles. The smallest absolute Gasteiger partial charge is 0.265 e. The highest BCUT2D eigenvalue weighted by molar-refractivity contribution is 7.92. The van der Waals surface area contributed by atoms with E-state index in [0.29, 0.717) is 22.4 Å². The lowest BCUT2D eigenvalue weighted by Gasteiger charge is -2.19. The van der Waals surface area contributed by atoms with Gasteiger partial charge in [0.2, 0.25) is 0 Å². The number of rotatable bonds is 7. The van der Waals surface area contributed by atoms with E-state index < -0.39 is 15.8 Å². The number of para-hydroxylation sites is 3. The monoisotopic (exact) mass is 467 g/mol. The maximum absolute atomic E-state index is 13.8. The summed E-state index contributed by atoms with van der Waals surface area (Å²) in [5.74, 6) is -0.316. The van der Waals surface area contributed by atoms with Crippen LogP contribution in [0.3, 0.4) is 0 Å². The van der Waals surface area contributed by atoms with Crippen LogP contribution >= 0.6 is 0 Å². The van der Waals surface area contributed by atoms with Gasteiger partial charge in [0, 0.05) is 25.8 Å². The van der Waals surface area contributed by atoms with Crippen LogP contribution < -0.4 is 19.7 Å². The van der Waals surface area contributed by atoms with Crippen LogP contribution in [0.1, 0.15) is 0 Å². The van der Waals surface area contributed by atoms with E-state index in [1.54, 1.807) is 61.5 Å². The van der Waals surface area contributed by atoms with Crippen LogP contribution in [0, 0.1) is 5.82 Å². The maximum atomic E-state index is 13.8. The van der Waals surface area contributed by atoms with Crippen molar-refractivity contribution in [1.29, 1.82) is 0 Å². The number of sulfonamides is 1. The third kappa shape index (κ3) is 4.65. The van der Waals surface area contributed by atoms with Gasteiger partial charge in [0.15, 0.2) is 23.2 Å². The molecule has 1 heterocycles. The van der Waals surface area contributed by atoms with E-state index in [1.807, 2.05) is 0 Å². The molecule has 0 aliphatic carbocycles. The first kappa shape index (κ1) is 22.3. The quantitative estimate of drug-likeness (QED) is 0.416. The Kier molecular flexibility index (Phi) is 6.01. The fourth-order valence-corrected chi connectivity index (χ4v) is 4.56. The van der Waals surface area contributed by atoms with E-state index >= 15 is 0 Å². The van der Waals surface area contributed by atoms with E-state index in [4.69, 9.17) is 4.74 Å². The van der Waals surface area contributed by atoms with Crippen molar-refractivity contribution in [2.24, 2.45) is 0 Å². The normalized spacial score (nSPS) is 11.3. The van der Waals surface area contributed by atoms with Crippen molar-refractivity contribution in [2.75, 3.05) is 36.1 Å². The summed E-state index contributed by atoms with van der Waals surface area (Å²) in [5.41, 5.74) is 2.05. The molecule has 0 aliphatic heterocycles. The molecule has 0 atom stereocenters. The Morgan fingerprint density at radius 2 is 1.55 bits per heavy atom. The third-order valence-corrected chi connectivity index (χ3v) is 6.24. The average molecular weight is 468 g/mol. The number of aromatic nitrogens is 2. The molecule has 170 valence electrons. The van der Waals surface area contributed by atoms with E-state index in [1.165, 1.54) is 31.4 Å². The lowest BCUT2D eigenvalue weighted by molar-refractivity contribution is 0.387. The van der Waals surface area contributed by atoms with Crippen molar-refractivity contribution in [2.45, 2.75) is 4.90 Å². The van der Waals surface area contributed by atoms with Gasteiger partial charge in [-0.15, -0.1) is 0 Å². The zero-order valence-electron chi connectivity index (χ0n) is 18.2. The van der Waals surface area contributed by atoms with Crippen molar-refractivity contribution >= 4 is 44.1 Å². The highest BCUT2D eigenvalue weighted by Gasteiger charge is 2.22. The first-order valence-electron chi connectivity index (χ1n) is 9.95.